The summed E-state index contributed by atoms with van der Waals surface area (Å²) in [5.74, 6) is 0.648. The molecule has 6 heteroatoms. The smallest absolute Gasteiger partial charge is 0.150 e. The minimum absolute atomic E-state index is 0.130. The molecule has 102 valence electrons. The number of nitrogens with zero attached hydrogens (tertiary/aromatic N) is 2. The lowest BCUT2D eigenvalue weighted by atomic mass is 10.1. The second-order valence-corrected chi connectivity index (χ2v) is 7.26. The maximum Gasteiger partial charge on any atom is 0.150 e. The molecule has 1 saturated heterocycles. The molecular weight excluding hydrogens is 262 g/mol. The predicted molar refractivity (Wildman–Crippen MR) is 73.7 cm³/mol. The van der Waals surface area contributed by atoms with Crippen molar-refractivity contribution in [3.8, 4) is 6.07 Å². The molecule has 1 N–H and O–H groups in total. The molecule has 1 fully saturated rings. The van der Waals surface area contributed by atoms with E-state index >= 15 is 0 Å². The van der Waals surface area contributed by atoms with Gasteiger partial charge in [-0.1, -0.05) is 0 Å². The van der Waals surface area contributed by atoms with E-state index in [1.807, 2.05) is 13.0 Å². The fourth-order valence-corrected chi connectivity index (χ4v) is 4.26. The van der Waals surface area contributed by atoms with Gasteiger partial charge in [0.05, 0.1) is 28.5 Å². The Morgan fingerprint density at radius 3 is 2.84 bits per heavy atom. The third-order valence-corrected chi connectivity index (χ3v) is 5.19. The van der Waals surface area contributed by atoms with Crippen LogP contribution in [0.15, 0.2) is 6.07 Å². The van der Waals surface area contributed by atoms with E-state index in [-0.39, 0.29) is 17.4 Å². The summed E-state index contributed by atoms with van der Waals surface area (Å²) in [7, 11) is -2.85. The first-order valence-corrected chi connectivity index (χ1v) is 8.06. The zero-order chi connectivity index (χ0) is 14.0. The molecule has 2 rings (SSSR count). The average Bonchev–Trinajstić information content (AvgIpc) is 2.66. The van der Waals surface area contributed by atoms with Crippen LogP contribution in [0.5, 0.6) is 0 Å². The van der Waals surface area contributed by atoms with Crippen LogP contribution in [0.1, 0.15) is 23.4 Å². The number of aryl methyl sites for hydroxylation is 2. The summed E-state index contributed by atoms with van der Waals surface area (Å²) in [5.41, 5.74) is 2.82. The van der Waals surface area contributed by atoms with Crippen LogP contribution in [0.3, 0.4) is 0 Å². The minimum Gasteiger partial charge on any atom is -0.384 e. The third-order valence-electron chi connectivity index (χ3n) is 3.35. The van der Waals surface area contributed by atoms with Crippen LogP contribution >= 0.6 is 0 Å². The molecule has 1 aliphatic heterocycles. The Morgan fingerprint density at radius 1 is 1.53 bits per heavy atom. The lowest BCUT2D eigenvalue weighted by Gasteiger charge is -2.13. The number of sulfone groups is 1. The Balaban J connectivity index is 2.10. The Bertz CT molecular complexity index is 632. The molecule has 1 unspecified atom stereocenters. The van der Waals surface area contributed by atoms with Gasteiger partial charge in [0.2, 0.25) is 0 Å². The Hall–Kier alpha value is -1.61. The van der Waals surface area contributed by atoms with Crippen molar-refractivity contribution in [2.75, 3.05) is 23.4 Å². The highest BCUT2D eigenvalue weighted by Crippen LogP contribution is 2.22. The van der Waals surface area contributed by atoms with Gasteiger partial charge in [0.15, 0.2) is 9.84 Å². The van der Waals surface area contributed by atoms with Crippen molar-refractivity contribution in [1.29, 1.82) is 5.26 Å². The summed E-state index contributed by atoms with van der Waals surface area (Å²) in [5, 5.41) is 12.3. The van der Waals surface area contributed by atoms with Gasteiger partial charge < -0.3 is 5.32 Å². The van der Waals surface area contributed by atoms with Gasteiger partial charge >= 0.3 is 0 Å². The Labute approximate surface area is 113 Å². The average molecular weight is 279 g/mol. The molecule has 0 bridgehead atoms. The van der Waals surface area contributed by atoms with Gasteiger partial charge in [0.25, 0.3) is 0 Å². The number of nitrogens with one attached hydrogen (secondary N) is 1. The van der Waals surface area contributed by atoms with Gasteiger partial charge in [-0.3, -0.25) is 4.98 Å². The molecular formula is C13H17N3O2S. The van der Waals surface area contributed by atoms with Crippen molar-refractivity contribution in [3.05, 3.63) is 23.0 Å². The van der Waals surface area contributed by atoms with Crippen LogP contribution in [-0.4, -0.2) is 31.5 Å². The first-order valence-electron chi connectivity index (χ1n) is 6.24. The van der Waals surface area contributed by atoms with Crippen LogP contribution in [0.25, 0.3) is 0 Å². The summed E-state index contributed by atoms with van der Waals surface area (Å²) in [6, 6.07) is 3.97. The van der Waals surface area contributed by atoms with Gasteiger partial charge in [-0.05, 0) is 32.3 Å². The van der Waals surface area contributed by atoms with E-state index in [1.54, 1.807) is 6.92 Å². The molecule has 1 aromatic rings. The largest absolute Gasteiger partial charge is 0.384 e. The lowest BCUT2D eigenvalue weighted by molar-refractivity contribution is 0.596. The summed E-state index contributed by atoms with van der Waals surface area (Å²) in [6.45, 7) is 4.26. The number of pyridine rings is 1. The van der Waals surface area contributed by atoms with Gasteiger partial charge in [0, 0.05) is 12.2 Å². The van der Waals surface area contributed by atoms with E-state index in [1.165, 1.54) is 0 Å². The van der Waals surface area contributed by atoms with Crippen LogP contribution in [0, 0.1) is 31.1 Å². The van der Waals surface area contributed by atoms with Crippen molar-refractivity contribution in [2.24, 2.45) is 5.92 Å². The van der Waals surface area contributed by atoms with Crippen molar-refractivity contribution in [1.82, 2.24) is 4.98 Å². The monoisotopic (exact) mass is 279 g/mol. The van der Waals surface area contributed by atoms with Crippen LogP contribution in [0.2, 0.25) is 0 Å². The van der Waals surface area contributed by atoms with Crippen molar-refractivity contribution in [2.45, 2.75) is 20.3 Å². The maximum absolute atomic E-state index is 11.4. The van der Waals surface area contributed by atoms with Crippen molar-refractivity contribution >= 4 is 15.5 Å². The van der Waals surface area contributed by atoms with Crippen molar-refractivity contribution in [3.63, 3.8) is 0 Å². The highest BCUT2D eigenvalue weighted by atomic mass is 32.2. The molecule has 1 atom stereocenters. The number of anilines is 1. The second-order valence-electron chi connectivity index (χ2n) is 5.03. The normalized spacial score (nSPS) is 21.0. The fraction of sp³-hybridized carbons (Fsp3) is 0.538. The van der Waals surface area contributed by atoms with Crippen LogP contribution in [0.4, 0.5) is 5.69 Å². The Kier molecular flexibility index (Phi) is 3.76. The van der Waals surface area contributed by atoms with Gasteiger partial charge in [0.1, 0.15) is 6.07 Å². The number of hydrogen-bond acceptors (Lipinski definition) is 5. The molecule has 0 amide bonds. The first-order chi connectivity index (χ1) is 8.91. The van der Waals surface area contributed by atoms with E-state index in [9.17, 15) is 8.42 Å². The number of rotatable bonds is 3. The molecule has 1 aromatic heterocycles. The van der Waals surface area contributed by atoms with Gasteiger partial charge in [-0.15, -0.1) is 0 Å². The molecule has 1 aliphatic rings. The highest BCUT2D eigenvalue weighted by Gasteiger charge is 2.27. The molecule has 0 saturated carbocycles. The van der Waals surface area contributed by atoms with E-state index in [4.69, 9.17) is 5.26 Å². The molecule has 0 radical (unpaired) electrons. The maximum atomic E-state index is 11.4. The molecule has 0 spiro atoms. The van der Waals surface area contributed by atoms with E-state index in [2.05, 4.69) is 16.4 Å². The summed E-state index contributed by atoms with van der Waals surface area (Å²) in [6.07, 6.45) is 0.695. The molecule has 0 aromatic carbocycles. The number of nitriles is 1. The Morgan fingerprint density at radius 2 is 2.26 bits per heavy atom. The number of aromatic nitrogens is 1. The third kappa shape index (κ3) is 3.24. The molecule has 19 heavy (non-hydrogen) atoms. The predicted octanol–water partition coefficient (Wildman–Crippen LogP) is 1.42. The van der Waals surface area contributed by atoms with E-state index in [0.717, 1.165) is 11.4 Å². The lowest BCUT2D eigenvalue weighted by Crippen LogP contribution is -2.16. The van der Waals surface area contributed by atoms with Crippen LogP contribution in [-0.2, 0) is 9.84 Å². The second kappa shape index (κ2) is 5.17. The molecule has 2 heterocycles. The van der Waals surface area contributed by atoms with Crippen molar-refractivity contribution < 1.29 is 8.42 Å². The first kappa shape index (κ1) is 13.8. The van der Waals surface area contributed by atoms with Gasteiger partial charge in [-0.2, -0.15) is 5.26 Å². The summed E-state index contributed by atoms with van der Waals surface area (Å²) < 4.78 is 22.8. The van der Waals surface area contributed by atoms with E-state index in [0.29, 0.717) is 24.2 Å². The minimum atomic E-state index is -2.85. The van der Waals surface area contributed by atoms with Crippen LogP contribution < -0.4 is 5.32 Å². The summed E-state index contributed by atoms with van der Waals surface area (Å²) >= 11 is 0. The molecule has 5 nitrogen and oxygen atoms in total. The number of hydrogen-bond donors (Lipinski definition) is 1. The topological polar surface area (TPSA) is 82.9 Å². The van der Waals surface area contributed by atoms with E-state index < -0.39 is 9.84 Å². The zero-order valence-corrected chi connectivity index (χ0v) is 11.9. The quantitative estimate of drug-likeness (QED) is 0.904. The standard InChI is InChI=1S/C13H17N3O2S/c1-9-5-13(12(6-14)10(2)16-9)15-7-11-3-4-19(17,18)8-11/h5,11H,3-4,7-8H2,1-2H3,(H,15,16). The highest BCUT2D eigenvalue weighted by molar-refractivity contribution is 7.91. The SMILES string of the molecule is Cc1cc(NCC2CCS(=O)(=O)C2)c(C#N)c(C)n1. The van der Waals surface area contributed by atoms with Gasteiger partial charge in [-0.25, -0.2) is 8.42 Å². The molecule has 0 aliphatic carbocycles. The summed E-state index contributed by atoms with van der Waals surface area (Å²) in [4.78, 5) is 4.25. The zero-order valence-electron chi connectivity index (χ0n) is 11.1. The fourth-order valence-electron chi connectivity index (χ4n) is 2.40.